The quantitative estimate of drug-likeness (QED) is 0.475. The van der Waals surface area contributed by atoms with Gasteiger partial charge in [0, 0.05) is 13.5 Å². The molecule has 0 heterocycles. The number of hydrogen-bond donors (Lipinski definition) is 2. The predicted molar refractivity (Wildman–Crippen MR) is 75.7 cm³/mol. The standard InChI is InChI=1S/C14H23N3/c1-6-7-13(15-5)16-17-14-11(3)8-10(2)9-12(14)4/h8-9,17H,6-7H2,1-5H3,(H,15,16). The summed E-state index contributed by atoms with van der Waals surface area (Å²) in [6.07, 6.45) is 2.06. The first-order valence-corrected chi connectivity index (χ1v) is 6.14. The van der Waals surface area contributed by atoms with Crippen molar-refractivity contribution in [3.8, 4) is 0 Å². The zero-order valence-electron chi connectivity index (χ0n) is 11.5. The molecular formula is C14H23N3. The molecule has 17 heavy (non-hydrogen) atoms. The van der Waals surface area contributed by atoms with Gasteiger partial charge in [0.1, 0.15) is 5.84 Å². The predicted octanol–water partition coefficient (Wildman–Crippen LogP) is 3.36. The summed E-state index contributed by atoms with van der Waals surface area (Å²) >= 11 is 0. The summed E-state index contributed by atoms with van der Waals surface area (Å²) in [5.41, 5.74) is 11.4. The molecule has 0 unspecified atom stereocenters. The van der Waals surface area contributed by atoms with Crippen LogP contribution in [0.1, 0.15) is 36.5 Å². The lowest BCUT2D eigenvalue weighted by atomic mass is 10.1. The Morgan fingerprint density at radius 2 is 1.76 bits per heavy atom. The van der Waals surface area contributed by atoms with E-state index >= 15 is 0 Å². The Morgan fingerprint density at radius 3 is 2.24 bits per heavy atom. The van der Waals surface area contributed by atoms with Crippen LogP contribution >= 0.6 is 0 Å². The summed E-state index contributed by atoms with van der Waals surface area (Å²) in [5, 5.41) is 0. The SMILES string of the molecule is CCCC(=NC)NNc1c(C)cc(C)cc1C. The van der Waals surface area contributed by atoms with E-state index in [1.165, 1.54) is 16.7 Å². The van der Waals surface area contributed by atoms with Crippen LogP contribution in [0.15, 0.2) is 17.1 Å². The zero-order chi connectivity index (χ0) is 12.8. The molecular weight excluding hydrogens is 210 g/mol. The lowest BCUT2D eigenvalue weighted by molar-refractivity contribution is 0.930. The van der Waals surface area contributed by atoms with Gasteiger partial charge in [0.25, 0.3) is 0 Å². The maximum atomic E-state index is 4.21. The van der Waals surface area contributed by atoms with Crippen LogP contribution in [0.25, 0.3) is 0 Å². The van der Waals surface area contributed by atoms with Crippen molar-refractivity contribution < 1.29 is 0 Å². The second-order valence-corrected chi connectivity index (χ2v) is 4.44. The Balaban J connectivity index is 2.76. The number of hydrogen-bond acceptors (Lipinski definition) is 2. The van der Waals surface area contributed by atoms with Crippen molar-refractivity contribution in [2.24, 2.45) is 4.99 Å². The monoisotopic (exact) mass is 233 g/mol. The fourth-order valence-electron chi connectivity index (χ4n) is 1.98. The van der Waals surface area contributed by atoms with Gasteiger partial charge in [-0.25, -0.2) is 0 Å². The van der Waals surface area contributed by atoms with Gasteiger partial charge < -0.3 is 0 Å². The molecule has 0 saturated carbocycles. The van der Waals surface area contributed by atoms with Crippen molar-refractivity contribution in [1.29, 1.82) is 0 Å². The Bertz CT molecular complexity index is 385. The molecule has 0 amide bonds. The number of anilines is 1. The smallest absolute Gasteiger partial charge is 0.114 e. The molecule has 0 aromatic heterocycles. The van der Waals surface area contributed by atoms with Crippen molar-refractivity contribution >= 4 is 11.5 Å². The number of aliphatic imine (C=N–C) groups is 1. The van der Waals surface area contributed by atoms with Gasteiger partial charge in [-0.2, -0.15) is 0 Å². The maximum absolute atomic E-state index is 4.21. The highest BCUT2D eigenvalue weighted by molar-refractivity contribution is 5.83. The van der Waals surface area contributed by atoms with Gasteiger partial charge in [-0.3, -0.25) is 15.8 Å². The van der Waals surface area contributed by atoms with Crippen molar-refractivity contribution in [2.75, 3.05) is 12.5 Å². The fraction of sp³-hybridized carbons (Fsp3) is 0.500. The number of rotatable bonds is 4. The molecule has 1 aromatic carbocycles. The van der Waals surface area contributed by atoms with Crippen LogP contribution in [-0.2, 0) is 0 Å². The van der Waals surface area contributed by atoms with Crippen molar-refractivity contribution in [2.45, 2.75) is 40.5 Å². The first-order valence-electron chi connectivity index (χ1n) is 6.14. The second kappa shape index (κ2) is 6.28. The molecule has 0 bridgehead atoms. The number of benzene rings is 1. The van der Waals surface area contributed by atoms with Crippen LogP contribution in [0.3, 0.4) is 0 Å². The Labute approximate surface area is 104 Å². The van der Waals surface area contributed by atoms with E-state index in [2.05, 4.69) is 55.7 Å². The first-order chi connectivity index (χ1) is 8.08. The van der Waals surface area contributed by atoms with E-state index in [-0.39, 0.29) is 0 Å². The van der Waals surface area contributed by atoms with E-state index in [0.29, 0.717) is 0 Å². The maximum Gasteiger partial charge on any atom is 0.114 e. The minimum absolute atomic E-state index is 0.966. The minimum Gasteiger partial charge on any atom is -0.299 e. The van der Waals surface area contributed by atoms with Gasteiger partial charge in [0.05, 0.1) is 5.69 Å². The van der Waals surface area contributed by atoms with E-state index in [1.807, 2.05) is 7.05 Å². The molecule has 0 spiro atoms. The van der Waals surface area contributed by atoms with Gasteiger partial charge in [-0.1, -0.05) is 24.6 Å². The van der Waals surface area contributed by atoms with E-state index in [0.717, 1.165) is 24.4 Å². The number of nitrogens with one attached hydrogen (secondary N) is 2. The summed E-state index contributed by atoms with van der Waals surface area (Å²) in [4.78, 5) is 4.21. The van der Waals surface area contributed by atoms with Crippen LogP contribution in [0.2, 0.25) is 0 Å². The van der Waals surface area contributed by atoms with Crippen LogP contribution < -0.4 is 10.9 Å². The van der Waals surface area contributed by atoms with Crippen molar-refractivity contribution in [3.63, 3.8) is 0 Å². The Morgan fingerprint density at radius 1 is 1.18 bits per heavy atom. The number of nitrogens with zero attached hydrogens (tertiary/aromatic N) is 1. The summed E-state index contributed by atoms with van der Waals surface area (Å²) in [5.74, 6) is 0.992. The molecule has 3 nitrogen and oxygen atoms in total. The molecule has 0 fully saturated rings. The third-order valence-electron chi connectivity index (χ3n) is 2.77. The van der Waals surface area contributed by atoms with Gasteiger partial charge in [-0.15, -0.1) is 0 Å². The van der Waals surface area contributed by atoms with Crippen LogP contribution in [0.4, 0.5) is 5.69 Å². The largest absolute Gasteiger partial charge is 0.299 e. The number of aryl methyl sites for hydroxylation is 3. The van der Waals surface area contributed by atoms with Crippen molar-refractivity contribution in [3.05, 3.63) is 28.8 Å². The van der Waals surface area contributed by atoms with Crippen LogP contribution in [-0.4, -0.2) is 12.9 Å². The summed E-state index contributed by atoms with van der Waals surface area (Å²) in [6.45, 7) is 8.50. The molecule has 3 heteroatoms. The summed E-state index contributed by atoms with van der Waals surface area (Å²) in [6, 6.07) is 4.36. The normalized spacial score (nSPS) is 11.5. The fourth-order valence-corrected chi connectivity index (χ4v) is 1.98. The highest BCUT2D eigenvalue weighted by atomic mass is 15.4. The van der Waals surface area contributed by atoms with E-state index in [1.54, 1.807) is 0 Å². The molecule has 0 saturated heterocycles. The summed E-state index contributed by atoms with van der Waals surface area (Å²) < 4.78 is 0. The molecule has 1 aromatic rings. The van der Waals surface area contributed by atoms with Crippen LogP contribution in [0.5, 0.6) is 0 Å². The van der Waals surface area contributed by atoms with E-state index in [4.69, 9.17) is 0 Å². The van der Waals surface area contributed by atoms with Gasteiger partial charge in [0.15, 0.2) is 0 Å². The second-order valence-electron chi connectivity index (χ2n) is 4.44. The lowest BCUT2D eigenvalue weighted by Crippen LogP contribution is -2.30. The first kappa shape index (κ1) is 13.6. The number of amidine groups is 1. The highest BCUT2D eigenvalue weighted by Gasteiger charge is 2.03. The third-order valence-corrected chi connectivity index (χ3v) is 2.77. The molecule has 1 rings (SSSR count). The van der Waals surface area contributed by atoms with Crippen LogP contribution in [0, 0.1) is 20.8 Å². The minimum atomic E-state index is 0.966. The van der Waals surface area contributed by atoms with Gasteiger partial charge in [0.2, 0.25) is 0 Å². The molecule has 2 N–H and O–H groups in total. The molecule has 0 aliphatic rings. The van der Waals surface area contributed by atoms with Gasteiger partial charge >= 0.3 is 0 Å². The Kier molecular flexibility index (Phi) is 5.01. The third kappa shape index (κ3) is 3.77. The summed E-state index contributed by atoms with van der Waals surface area (Å²) in [7, 11) is 1.81. The topological polar surface area (TPSA) is 36.4 Å². The molecule has 0 aliphatic heterocycles. The molecule has 0 radical (unpaired) electrons. The molecule has 0 atom stereocenters. The number of hydrazine groups is 1. The van der Waals surface area contributed by atoms with E-state index in [9.17, 15) is 0 Å². The lowest BCUT2D eigenvalue weighted by Gasteiger charge is -2.16. The molecule has 0 aliphatic carbocycles. The van der Waals surface area contributed by atoms with E-state index < -0.39 is 0 Å². The average molecular weight is 233 g/mol. The zero-order valence-corrected chi connectivity index (χ0v) is 11.5. The van der Waals surface area contributed by atoms with Crippen molar-refractivity contribution in [1.82, 2.24) is 5.43 Å². The molecule has 94 valence electrons. The Hall–Kier alpha value is -1.51. The average Bonchev–Trinajstić information content (AvgIpc) is 2.26. The highest BCUT2D eigenvalue weighted by Crippen LogP contribution is 2.20. The van der Waals surface area contributed by atoms with Gasteiger partial charge in [-0.05, 0) is 38.3 Å².